The summed E-state index contributed by atoms with van der Waals surface area (Å²) >= 11 is 10.3. The Morgan fingerprint density at radius 2 is 2.11 bits per heavy atom. The summed E-state index contributed by atoms with van der Waals surface area (Å²) in [4.78, 5) is 0.980. The summed E-state index contributed by atoms with van der Waals surface area (Å²) in [6, 6.07) is 6.96. The lowest BCUT2D eigenvalue weighted by Gasteiger charge is -2.25. The maximum Gasteiger partial charge on any atom is 0.399 e. The Morgan fingerprint density at radius 3 is 2.58 bits per heavy atom. The molecule has 0 bridgehead atoms. The largest absolute Gasteiger partial charge is 0.399 e. The van der Waals surface area contributed by atoms with E-state index in [1.807, 2.05) is 0 Å². The van der Waals surface area contributed by atoms with Gasteiger partial charge in [0.1, 0.15) is 5.92 Å². The molecular formula is C12H14ClF3N2S. The number of rotatable bonds is 5. The number of nitrogens with two attached hydrogens (primary N) is 1. The molecule has 0 aliphatic carbocycles. The molecule has 0 radical (unpaired) electrons. The van der Waals surface area contributed by atoms with Gasteiger partial charge in [0.05, 0.1) is 4.99 Å². The highest BCUT2D eigenvalue weighted by Crippen LogP contribution is 2.27. The molecule has 1 aromatic carbocycles. The van der Waals surface area contributed by atoms with Crippen LogP contribution in [-0.2, 0) is 6.54 Å². The Bertz CT molecular complexity index is 451. The molecule has 7 heteroatoms. The van der Waals surface area contributed by atoms with Crippen LogP contribution in [0.3, 0.4) is 0 Å². The van der Waals surface area contributed by atoms with Crippen molar-refractivity contribution in [2.24, 2.45) is 11.7 Å². The van der Waals surface area contributed by atoms with E-state index in [1.165, 1.54) is 4.90 Å². The average Bonchev–Trinajstić information content (AvgIpc) is 2.24. The third-order valence-corrected chi connectivity index (χ3v) is 3.09. The Hall–Kier alpha value is -0.850. The normalized spacial score (nSPS) is 13.6. The fourth-order valence-electron chi connectivity index (χ4n) is 1.68. The van der Waals surface area contributed by atoms with Gasteiger partial charge in [0.2, 0.25) is 0 Å². The Labute approximate surface area is 120 Å². The summed E-state index contributed by atoms with van der Waals surface area (Å²) in [5.74, 6) is -1.80. The zero-order chi connectivity index (χ0) is 14.6. The average molecular weight is 311 g/mol. The van der Waals surface area contributed by atoms with E-state index in [1.54, 1.807) is 31.3 Å². The second-order valence-electron chi connectivity index (χ2n) is 4.32. The van der Waals surface area contributed by atoms with Crippen LogP contribution in [0.2, 0.25) is 5.02 Å². The molecule has 0 amide bonds. The van der Waals surface area contributed by atoms with Gasteiger partial charge in [0, 0.05) is 18.1 Å². The topological polar surface area (TPSA) is 29.3 Å². The molecule has 19 heavy (non-hydrogen) atoms. The maximum atomic E-state index is 12.7. The van der Waals surface area contributed by atoms with Gasteiger partial charge in [-0.3, -0.25) is 0 Å². The monoisotopic (exact) mass is 310 g/mol. The van der Waals surface area contributed by atoms with Gasteiger partial charge < -0.3 is 10.6 Å². The van der Waals surface area contributed by atoms with Gasteiger partial charge in [-0.25, -0.2) is 0 Å². The first-order valence-corrected chi connectivity index (χ1v) is 6.28. The van der Waals surface area contributed by atoms with Gasteiger partial charge >= 0.3 is 6.18 Å². The highest BCUT2D eigenvalue weighted by molar-refractivity contribution is 7.80. The second kappa shape index (κ2) is 6.54. The van der Waals surface area contributed by atoms with Crippen molar-refractivity contribution >= 4 is 28.8 Å². The predicted molar refractivity (Wildman–Crippen MR) is 74.1 cm³/mol. The van der Waals surface area contributed by atoms with E-state index in [0.29, 0.717) is 11.6 Å². The first kappa shape index (κ1) is 16.2. The molecule has 0 heterocycles. The van der Waals surface area contributed by atoms with E-state index in [-0.39, 0.29) is 6.54 Å². The fraction of sp³-hybridized carbons (Fsp3) is 0.417. The van der Waals surface area contributed by atoms with Crippen LogP contribution in [0.1, 0.15) is 5.56 Å². The summed E-state index contributed by atoms with van der Waals surface area (Å²) in [6.45, 7) is 0.0705. The molecule has 0 aliphatic rings. The lowest BCUT2D eigenvalue weighted by molar-refractivity contribution is -0.158. The summed E-state index contributed by atoms with van der Waals surface area (Å²) < 4.78 is 38.2. The standard InChI is InChI=1S/C12H14ClF3N2S/c1-18(6-8-3-2-4-9(13)5-8)7-10(11(17)19)12(14,15)16/h2-5,10H,6-7H2,1H3,(H2,17,19). The van der Waals surface area contributed by atoms with Crippen molar-refractivity contribution in [2.45, 2.75) is 12.7 Å². The quantitative estimate of drug-likeness (QED) is 0.847. The molecule has 0 aromatic heterocycles. The number of benzene rings is 1. The number of hydrogen-bond donors (Lipinski definition) is 1. The Morgan fingerprint density at radius 1 is 1.47 bits per heavy atom. The van der Waals surface area contributed by atoms with Crippen molar-refractivity contribution in [1.82, 2.24) is 4.90 Å². The van der Waals surface area contributed by atoms with Crippen molar-refractivity contribution in [3.63, 3.8) is 0 Å². The molecule has 2 N–H and O–H groups in total. The number of hydrogen-bond acceptors (Lipinski definition) is 2. The van der Waals surface area contributed by atoms with Crippen LogP contribution >= 0.6 is 23.8 Å². The summed E-state index contributed by atoms with van der Waals surface area (Å²) in [5, 5.41) is 0.549. The van der Waals surface area contributed by atoms with Gasteiger partial charge in [-0.05, 0) is 24.7 Å². The van der Waals surface area contributed by atoms with Crippen molar-refractivity contribution < 1.29 is 13.2 Å². The number of thiocarbonyl (C=S) groups is 1. The van der Waals surface area contributed by atoms with E-state index < -0.39 is 17.1 Å². The molecule has 1 aromatic rings. The lowest BCUT2D eigenvalue weighted by atomic mass is 10.1. The van der Waals surface area contributed by atoms with Crippen LogP contribution in [0.15, 0.2) is 24.3 Å². The molecule has 1 rings (SSSR count). The highest BCUT2D eigenvalue weighted by Gasteiger charge is 2.42. The number of halogens is 4. The molecule has 2 nitrogen and oxygen atoms in total. The van der Waals surface area contributed by atoms with E-state index in [4.69, 9.17) is 17.3 Å². The SMILES string of the molecule is CN(Cc1cccc(Cl)c1)CC(C(N)=S)C(F)(F)F. The van der Waals surface area contributed by atoms with Crippen LogP contribution in [0.5, 0.6) is 0 Å². The zero-order valence-electron chi connectivity index (χ0n) is 10.2. The molecule has 0 saturated heterocycles. The molecule has 0 saturated carbocycles. The van der Waals surface area contributed by atoms with Crippen LogP contribution in [0, 0.1) is 5.92 Å². The summed E-state index contributed by atoms with van der Waals surface area (Å²) in [5.41, 5.74) is 5.98. The minimum absolute atomic E-state index is 0.272. The minimum atomic E-state index is -4.42. The fourth-order valence-corrected chi connectivity index (χ4v) is 2.10. The molecular weight excluding hydrogens is 297 g/mol. The van der Waals surface area contributed by atoms with Gasteiger partial charge in [-0.15, -0.1) is 0 Å². The van der Waals surface area contributed by atoms with Crippen molar-refractivity contribution in [1.29, 1.82) is 0 Å². The Balaban J connectivity index is 2.68. The van der Waals surface area contributed by atoms with Crippen molar-refractivity contribution in [3.8, 4) is 0 Å². The first-order valence-electron chi connectivity index (χ1n) is 5.49. The van der Waals surface area contributed by atoms with Gasteiger partial charge in [0.15, 0.2) is 0 Å². The number of nitrogens with zero attached hydrogens (tertiary/aromatic N) is 1. The summed E-state index contributed by atoms with van der Waals surface area (Å²) in [7, 11) is 1.58. The molecule has 0 aliphatic heterocycles. The lowest BCUT2D eigenvalue weighted by Crippen LogP contribution is -2.42. The van der Waals surface area contributed by atoms with Gasteiger partial charge in [-0.2, -0.15) is 13.2 Å². The molecule has 0 spiro atoms. The number of alkyl halides is 3. The zero-order valence-corrected chi connectivity index (χ0v) is 11.8. The molecule has 106 valence electrons. The highest BCUT2D eigenvalue weighted by atomic mass is 35.5. The maximum absolute atomic E-state index is 12.7. The molecule has 1 atom stereocenters. The first-order chi connectivity index (χ1) is 8.70. The smallest absolute Gasteiger partial charge is 0.393 e. The summed E-state index contributed by atoms with van der Waals surface area (Å²) in [6.07, 6.45) is -4.42. The van der Waals surface area contributed by atoms with Crippen LogP contribution in [-0.4, -0.2) is 29.7 Å². The third-order valence-electron chi connectivity index (χ3n) is 2.57. The second-order valence-corrected chi connectivity index (χ2v) is 5.23. The van der Waals surface area contributed by atoms with Crippen molar-refractivity contribution in [2.75, 3.05) is 13.6 Å². The van der Waals surface area contributed by atoms with Crippen LogP contribution in [0.4, 0.5) is 13.2 Å². The van der Waals surface area contributed by atoms with Crippen LogP contribution in [0.25, 0.3) is 0 Å². The Kier molecular flexibility index (Phi) is 5.58. The van der Waals surface area contributed by atoms with E-state index in [9.17, 15) is 13.2 Å². The molecule has 0 fully saturated rings. The van der Waals surface area contributed by atoms with Crippen molar-refractivity contribution in [3.05, 3.63) is 34.9 Å². The predicted octanol–water partition coefficient (Wildman–Crippen LogP) is 3.24. The van der Waals surface area contributed by atoms with Gasteiger partial charge in [-0.1, -0.05) is 36.0 Å². The minimum Gasteiger partial charge on any atom is -0.393 e. The van der Waals surface area contributed by atoms with Crippen LogP contribution < -0.4 is 5.73 Å². The van der Waals surface area contributed by atoms with E-state index in [2.05, 4.69) is 12.2 Å². The van der Waals surface area contributed by atoms with Gasteiger partial charge in [0.25, 0.3) is 0 Å². The van der Waals surface area contributed by atoms with E-state index >= 15 is 0 Å². The van der Waals surface area contributed by atoms with E-state index in [0.717, 1.165) is 5.56 Å². The third kappa shape index (κ3) is 5.34. The molecule has 1 unspecified atom stereocenters.